The summed E-state index contributed by atoms with van der Waals surface area (Å²) in [4.78, 5) is 40.5. The minimum Gasteiger partial charge on any atom is -0.352 e. The second-order valence-corrected chi connectivity index (χ2v) is 7.69. The molecular weight excluding hydrogens is 380 g/mol. The van der Waals surface area contributed by atoms with E-state index >= 15 is 0 Å². The molecule has 0 saturated carbocycles. The van der Waals surface area contributed by atoms with Gasteiger partial charge in [0.25, 0.3) is 5.56 Å². The second-order valence-electron chi connectivity index (χ2n) is 7.69. The minimum absolute atomic E-state index is 0.0985. The Labute approximate surface area is 175 Å². The maximum absolute atomic E-state index is 12.3. The number of aryl methyl sites for hydroxylation is 1. The predicted molar refractivity (Wildman–Crippen MR) is 113 cm³/mol. The van der Waals surface area contributed by atoms with Crippen molar-refractivity contribution in [3.63, 3.8) is 0 Å². The lowest BCUT2D eigenvalue weighted by atomic mass is 9.99. The molecule has 0 unspecified atom stereocenters. The molecule has 7 nitrogen and oxygen atoms in total. The lowest BCUT2D eigenvalue weighted by Gasteiger charge is -2.16. The molecule has 0 spiro atoms. The van der Waals surface area contributed by atoms with Gasteiger partial charge in [-0.1, -0.05) is 24.3 Å². The molecule has 1 aliphatic rings. The predicted octanol–water partition coefficient (Wildman–Crippen LogP) is 2.23. The third kappa shape index (κ3) is 4.95. The number of rotatable bonds is 7. The molecule has 2 N–H and O–H groups in total. The number of nitriles is 1. The first kappa shape index (κ1) is 21.3. The molecule has 1 fully saturated rings. The molecule has 2 aromatic rings. The van der Waals surface area contributed by atoms with Gasteiger partial charge in [0.15, 0.2) is 0 Å². The van der Waals surface area contributed by atoms with Gasteiger partial charge in [-0.25, -0.2) is 0 Å². The Bertz CT molecular complexity index is 1070. The number of nitrogens with zero attached hydrogens (tertiary/aromatic N) is 2. The van der Waals surface area contributed by atoms with E-state index in [1.807, 2.05) is 35.2 Å². The molecule has 2 amide bonds. The van der Waals surface area contributed by atoms with E-state index in [-0.39, 0.29) is 23.8 Å². The van der Waals surface area contributed by atoms with Crippen LogP contribution in [0, 0.1) is 25.2 Å². The molecule has 1 saturated heterocycles. The fourth-order valence-electron chi connectivity index (χ4n) is 3.88. The van der Waals surface area contributed by atoms with Crippen LogP contribution in [-0.2, 0) is 29.1 Å². The summed E-state index contributed by atoms with van der Waals surface area (Å²) in [7, 11) is 0. The highest BCUT2D eigenvalue weighted by Gasteiger charge is 2.20. The average molecular weight is 406 g/mol. The molecule has 0 radical (unpaired) electrons. The molecule has 30 heavy (non-hydrogen) atoms. The Morgan fingerprint density at radius 2 is 2.03 bits per heavy atom. The van der Waals surface area contributed by atoms with Crippen LogP contribution in [-0.4, -0.2) is 28.2 Å². The van der Waals surface area contributed by atoms with Crippen molar-refractivity contribution >= 4 is 11.8 Å². The van der Waals surface area contributed by atoms with Crippen molar-refractivity contribution < 1.29 is 9.59 Å². The van der Waals surface area contributed by atoms with Crippen molar-refractivity contribution in [1.82, 2.24) is 15.2 Å². The maximum atomic E-state index is 12.3. The van der Waals surface area contributed by atoms with Crippen LogP contribution in [0.1, 0.15) is 52.8 Å². The highest BCUT2D eigenvalue weighted by molar-refractivity contribution is 5.78. The fourth-order valence-corrected chi connectivity index (χ4v) is 3.88. The molecular formula is C23H26N4O3. The summed E-state index contributed by atoms with van der Waals surface area (Å²) in [6, 6.07) is 9.82. The lowest BCUT2D eigenvalue weighted by molar-refractivity contribution is -0.128. The number of aromatic amines is 1. The van der Waals surface area contributed by atoms with Crippen molar-refractivity contribution in [1.29, 1.82) is 5.26 Å². The van der Waals surface area contributed by atoms with Crippen LogP contribution in [0.3, 0.4) is 0 Å². The molecule has 7 heteroatoms. The Kier molecular flexibility index (Phi) is 6.68. The highest BCUT2D eigenvalue weighted by Crippen LogP contribution is 2.16. The largest absolute Gasteiger partial charge is 0.352 e. The number of likely N-dealkylation sites (tertiary alicyclic amines) is 1. The van der Waals surface area contributed by atoms with Crippen LogP contribution >= 0.6 is 0 Å². The molecule has 3 rings (SSSR count). The summed E-state index contributed by atoms with van der Waals surface area (Å²) in [6.45, 7) is 5.33. The lowest BCUT2D eigenvalue weighted by Crippen LogP contribution is -2.25. The summed E-state index contributed by atoms with van der Waals surface area (Å²) in [5.41, 5.74) is 3.90. The number of benzene rings is 1. The first-order chi connectivity index (χ1) is 14.4. The number of amides is 2. The zero-order valence-electron chi connectivity index (χ0n) is 17.4. The Morgan fingerprint density at radius 1 is 1.27 bits per heavy atom. The Balaban J connectivity index is 1.56. The summed E-state index contributed by atoms with van der Waals surface area (Å²) < 4.78 is 0. The fraction of sp³-hybridized carbons (Fsp3) is 0.391. The first-order valence-electron chi connectivity index (χ1n) is 10.1. The number of pyridine rings is 1. The Hall–Kier alpha value is -3.40. The summed E-state index contributed by atoms with van der Waals surface area (Å²) >= 11 is 0. The highest BCUT2D eigenvalue weighted by atomic mass is 16.2. The van der Waals surface area contributed by atoms with E-state index in [9.17, 15) is 14.4 Å². The van der Waals surface area contributed by atoms with Crippen LogP contribution in [0.15, 0.2) is 29.1 Å². The van der Waals surface area contributed by atoms with Gasteiger partial charge in [-0.3, -0.25) is 14.4 Å². The molecule has 1 aliphatic heterocycles. The van der Waals surface area contributed by atoms with E-state index in [1.54, 1.807) is 13.8 Å². The Morgan fingerprint density at radius 3 is 2.73 bits per heavy atom. The van der Waals surface area contributed by atoms with Gasteiger partial charge in [0.05, 0.1) is 0 Å². The number of carbonyl (C=O) groups excluding carboxylic acids is 2. The molecule has 0 atom stereocenters. The van der Waals surface area contributed by atoms with Gasteiger partial charge in [-0.2, -0.15) is 5.26 Å². The third-order valence-corrected chi connectivity index (χ3v) is 5.55. The molecule has 0 aliphatic carbocycles. The number of carbonyl (C=O) groups is 2. The van der Waals surface area contributed by atoms with E-state index in [0.717, 1.165) is 29.7 Å². The molecule has 156 valence electrons. The number of H-pyrrole nitrogens is 1. The second kappa shape index (κ2) is 9.40. The summed E-state index contributed by atoms with van der Waals surface area (Å²) in [6.07, 6.45) is 2.26. The normalized spacial score (nSPS) is 13.4. The van der Waals surface area contributed by atoms with Crippen molar-refractivity contribution in [2.24, 2.45) is 0 Å². The van der Waals surface area contributed by atoms with E-state index in [4.69, 9.17) is 5.26 Å². The van der Waals surface area contributed by atoms with Crippen molar-refractivity contribution in [2.45, 2.75) is 52.6 Å². The van der Waals surface area contributed by atoms with Crippen LogP contribution in [0.25, 0.3) is 0 Å². The van der Waals surface area contributed by atoms with Crippen molar-refractivity contribution in [3.05, 3.63) is 68.1 Å². The summed E-state index contributed by atoms with van der Waals surface area (Å²) in [5, 5.41) is 12.1. The monoisotopic (exact) mass is 406 g/mol. The summed E-state index contributed by atoms with van der Waals surface area (Å²) in [5.74, 6) is 0.0970. The standard InChI is InChI=1S/C23H26N4O3/c1-15-19(16(2)26-23(30)20(15)12-24)8-9-21(28)25-13-17-5-3-6-18(11-17)14-27-10-4-7-22(27)29/h3,5-6,11H,4,7-10,13-14H2,1-2H3,(H,25,28)(H,26,30). The quantitative estimate of drug-likeness (QED) is 0.735. The number of hydrogen-bond acceptors (Lipinski definition) is 4. The number of aromatic nitrogens is 1. The van der Waals surface area contributed by atoms with Gasteiger partial charge in [-0.05, 0) is 48.9 Å². The van der Waals surface area contributed by atoms with E-state index < -0.39 is 5.56 Å². The maximum Gasteiger partial charge on any atom is 0.266 e. The average Bonchev–Trinajstić information content (AvgIpc) is 3.11. The molecule has 2 heterocycles. The zero-order valence-corrected chi connectivity index (χ0v) is 17.4. The SMILES string of the molecule is Cc1[nH]c(=O)c(C#N)c(C)c1CCC(=O)NCc1cccc(CN2CCCC2=O)c1. The van der Waals surface area contributed by atoms with Crippen LogP contribution < -0.4 is 10.9 Å². The zero-order chi connectivity index (χ0) is 21.7. The molecule has 0 bridgehead atoms. The number of hydrogen-bond donors (Lipinski definition) is 2. The first-order valence-corrected chi connectivity index (χ1v) is 10.1. The van der Waals surface area contributed by atoms with Gasteiger partial charge in [0.2, 0.25) is 11.8 Å². The van der Waals surface area contributed by atoms with Gasteiger partial charge in [0.1, 0.15) is 11.6 Å². The molecule has 1 aromatic heterocycles. The van der Waals surface area contributed by atoms with Gasteiger partial charge in [0, 0.05) is 38.2 Å². The van der Waals surface area contributed by atoms with E-state index in [0.29, 0.717) is 37.2 Å². The van der Waals surface area contributed by atoms with E-state index in [2.05, 4.69) is 10.3 Å². The van der Waals surface area contributed by atoms with Gasteiger partial charge in [-0.15, -0.1) is 0 Å². The smallest absolute Gasteiger partial charge is 0.266 e. The van der Waals surface area contributed by atoms with Gasteiger partial charge >= 0.3 is 0 Å². The number of nitrogens with one attached hydrogen (secondary N) is 2. The topological polar surface area (TPSA) is 106 Å². The van der Waals surface area contributed by atoms with Crippen LogP contribution in [0.4, 0.5) is 0 Å². The van der Waals surface area contributed by atoms with Crippen molar-refractivity contribution in [3.8, 4) is 6.07 Å². The van der Waals surface area contributed by atoms with Gasteiger partial charge < -0.3 is 15.2 Å². The van der Waals surface area contributed by atoms with Crippen molar-refractivity contribution in [2.75, 3.05) is 6.54 Å². The minimum atomic E-state index is -0.392. The molecule has 1 aromatic carbocycles. The van der Waals surface area contributed by atoms with Crippen LogP contribution in [0.5, 0.6) is 0 Å². The van der Waals surface area contributed by atoms with Crippen LogP contribution in [0.2, 0.25) is 0 Å². The van der Waals surface area contributed by atoms with E-state index in [1.165, 1.54) is 0 Å². The third-order valence-electron chi connectivity index (χ3n) is 5.55.